The van der Waals surface area contributed by atoms with E-state index in [2.05, 4.69) is 21.2 Å². The van der Waals surface area contributed by atoms with Crippen LogP contribution >= 0.6 is 15.9 Å². The van der Waals surface area contributed by atoms with Crippen LogP contribution in [0.4, 0.5) is 4.79 Å². The smallest absolute Gasteiger partial charge is 0.317 e. The van der Waals surface area contributed by atoms with E-state index in [1.165, 1.54) is 0 Å². The molecule has 7 heteroatoms. The van der Waals surface area contributed by atoms with E-state index in [9.17, 15) is 9.59 Å². The van der Waals surface area contributed by atoms with E-state index in [1.54, 1.807) is 4.90 Å². The van der Waals surface area contributed by atoms with Crippen molar-refractivity contribution in [2.45, 2.75) is 19.1 Å². The van der Waals surface area contributed by atoms with Crippen LogP contribution in [0.2, 0.25) is 0 Å². The van der Waals surface area contributed by atoms with E-state index in [1.807, 2.05) is 24.3 Å². The number of carbonyl (C=O) groups excluding carboxylic acids is 1. The quantitative estimate of drug-likeness (QED) is 0.862. The molecule has 0 saturated carbocycles. The zero-order valence-electron chi connectivity index (χ0n) is 11.4. The molecule has 1 unspecified atom stereocenters. The fraction of sp³-hybridized carbons (Fsp3) is 0.429. The van der Waals surface area contributed by atoms with E-state index >= 15 is 0 Å². The Kier molecular flexibility index (Phi) is 5.58. The molecular weight excluding hydrogens is 340 g/mol. The number of hydrogen-bond acceptors (Lipinski definition) is 3. The Bertz CT molecular complexity index is 523. The lowest BCUT2D eigenvalue weighted by molar-refractivity contribution is -0.141. The van der Waals surface area contributed by atoms with Gasteiger partial charge in [-0.15, -0.1) is 0 Å². The number of rotatable bonds is 4. The van der Waals surface area contributed by atoms with Gasteiger partial charge in [0, 0.05) is 24.1 Å². The number of carboxylic acid groups (broad SMARTS) is 1. The number of benzene rings is 1. The van der Waals surface area contributed by atoms with Crippen molar-refractivity contribution in [1.82, 2.24) is 10.2 Å². The Morgan fingerprint density at radius 3 is 3.00 bits per heavy atom. The number of hydrogen-bond donors (Lipinski definition) is 2. The standard InChI is InChI=1S/C14H17BrN2O4/c15-11-3-1-2-10(6-11)8-16-14(20)17-4-5-21-12(9-17)7-13(18)19/h1-3,6,12H,4-5,7-9H2,(H,16,20)(H,18,19). The van der Waals surface area contributed by atoms with E-state index in [0.717, 1.165) is 10.0 Å². The minimum absolute atomic E-state index is 0.0879. The highest BCUT2D eigenvalue weighted by Crippen LogP contribution is 2.12. The highest BCUT2D eigenvalue weighted by Gasteiger charge is 2.25. The Morgan fingerprint density at radius 1 is 1.48 bits per heavy atom. The van der Waals surface area contributed by atoms with Crippen molar-refractivity contribution in [2.75, 3.05) is 19.7 Å². The molecule has 1 fully saturated rings. The van der Waals surface area contributed by atoms with Crippen LogP contribution in [0.1, 0.15) is 12.0 Å². The van der Waals surface area contributed by atoms with E-state index in [-0.39, 0.29) is 12.5 Å². The lowest BCUT2D eigenvalue weighted by Gasteiger charge is -2.32. The van der Waals surface area contributed by atoms with Crippen LogP contribution in [-0.4, -0.2) is 47.8 Å². The third-order valence-corrected chi connectivity index (χ3v) is 3.65. The van der Waals surface area contributed by atoms with Crippen molar-refractivity contribution >= 4 is 27.9 Å². The molecule has 1 aliphatic heterocycles. The maximum Gasteiger partial charge on any atom is 0.317 e. The topological polar surface area (TPSA) is 78.9 Å². The average molecular weight is 357 g/mol. The highest BCUT2D eigenvalue weighted by atomic mass is 79.9. The lowest BCUT2D eigenvalue weighted by atomic mass is 10.2. The van der Waals surface area contributed by atoms with Crippen LogP contribution < -0.4 is 5.32 Å². The summed E-state index contributed by atoms with van der Waals surface area (Å²) in [6.07, 6.45) is -0.525. The van der Waals surface area contributed by atoms with Gasteiger partial charge in [0.25, 0.3) is 0 Å². The third-order valence-electron chi connectivity index (χ3n) is 3.16. The number of aliphatic carboxylic acids is 1. The van der Waals surface area contributed by atoms with Gasteiger partial charge in [-0.3, -0.25) is 4.79 Å². The molecule has 0 spiro atoms. The van der Waals surface area contributed by atoms with Gasteiger partial charge in [-0.25, -0.2) is 4.79 Å². The number of morpholine rings is 1. The number of nitrogens with one attached hydrogen (secondary N) is 1. The minimum Gasteiger partial charge on any atom is -0.481 e. The molecule has 0 aliphatic carbocycles. The van der Waals surface area contributed by atoms with Crippen LogP contribution in [0.3, 0.4) is 0 Å². The summed E-state index contributed by atoms with van der Waals surface area (Å²) >= 11 is 3.38. The molecule has 1 heterocycles. The number of carbonyl (C=O) groups is 2. The Hall–Kier alpha value is -1.60. The SMILES string of the molecule is O=C(O)CC1CN(C(=O)NCc2cccc(Br)c2)CCO1. The molecule has 0 bridgehead atoms. The molecule has 2 amide bonds. The number of amides is 2. The third kappa shape index (κ3) is 5.02. The summed E-state index contributed by atoms with van der Waals surface area (Å²) in [6.45, 7) is 1.57. The maximum absolute atomic E-state index is 12.1. The van der Waals surface area contributed by atoms with Gasteiger partial charge in [-0.1, -0.05) is 28.1 Å². The second-order valence-corrected chi connectivity index (χ2v) is 5.74. The summed E-state index contributed by atoms with van der Waals surface area (Å²) < 4.78 is 6.30. The first-order valence-electron chi connectivity index (χ1n) is 6.65. The molecular formula is C14H17BrN2O4. The van der Waals surface area contributed by atoms with E-state index in [0.29, 0.717) is 26.2 Å². The fourth-order valence-corrected chi connectivity index (χ4v) is 2.61. The number of urea groups is 1. The first-order valence-corrected chi connectivity index (χ1v) is 7.44. The van der Waals surface area contributed by atoms with Gasteiger partial charge in [0.1, 0.15) is 0 Å². The molecule has 6 nitrogen and oxygen atoms in total. The zero-order chi connectivity index (χ0) is 15.2. The molecule has 1 aromatic carbocycles. The Labute approximate surface area is 131 Å². The zero-order valence-corrected chi connectivity index (χ0v) is 13.0. The van der Waals surface area contributed by atoms with Crippen LogP contribution in [0, 0.1) is 0 Å². The van der Waals surface area contributed by atoms with Gasteiger partial charge >= 0.3 is 12.0 Å². The molecule has 1 saturated heterocycles. The monoisotopic (exact) mass is 356 g/mol. The second-order valence-electron chi connectivity index (χ2n) is 4.83. The fourth-order valence-electron chi connectivity index (χ4n) is 2.16. The largest absolute Gasteiger partial charge is 0.481 e. The normalized spacial score (nSPS) is 18.3. The predicted octanol–water partition coefficient (Wildman–Crippen LogP) is 1.83. The van der Waals surface area contributed by atoms with Crippen molar-refractivity contribution < 1.29 is 19.4 Å². The van der Waals surface area contributed by atoms with Crippen LogP contribution in [-0.2, 0) is 16.1 Å². The Morgan fingerprint density at radius 2 is 2.29 bits per heavy atom. The van der Waals surface area contributed by atoms with Gasteiger partial charge < -0.3 is 20.1 Å². The average Bonchev–Trinajstić information content (AvgIpc) is 2.44. The van der Waals surface area contributed by atoms with Gasteiger partial charge in [0.2, 0.25) is 0 Å². The second kappa shape index (κ2) is 7.42. The van der Waals surface area contributed by atoms with Crippen molar-refractivity contribution in [3.63, 3.8) is 0 Å². The van der Waals surface area contributed by atoms with Crippen molar-refractivity contribution in [3.05, 3.63) is 34.3 Å². The van der Waals surface area contributed by atoms with Crippen molar-refractivity contribution in [2.24, 2.45) is 0 Å². The maximum atomic E-state index is 12.1. The summed E-state index contributed by atoms with van der Waals surface area (Å²) in [6, 6.07) is 7.49. The summed E-state index contributed by atoms with van der Waals surface area (Å²) in [7, 11) is 0. The first kappa shape index (κ1) is 15.8. The van der Waals surface area contributed by atoms with Crippen molar-refractivity contribution in [3.8, 4) is 0 Å². The summed E-state index contributed by atoms with van der Waals surface area (Å²) in [5.41, 5.74) is 0.994. The molecule has 1 aromatic rings. The minimum atomic E-state index is -0.920. The first-order chi connectivity index (χ1) is 10.0. The van der Waals surface area contributed by atoms with Crippen LogP contribution in [0.15, 0.2) is 28.7 Å². The van der Waals surface area contributed by atoms with Gasteiger partial charge in [-0.2, -0.15) is 0 Å². The molecule has 0 radical (unpaired) electrons. The van der Waals surface area contributed by atoms with Gasteiger partial charge in [0.05, 0.1) is 19.1 Å². The molecule has 2 rings (SSSR count). The Balaban J connectivity index is 1.83. The van der Waals surface area contributed by atoms with Gasteiger partial charge in [-0.05, 0) is 17.7 Å². The van der Waals surface area contributed by atoms with Crippen molar-refractivity contribution in [1.29, 1.82) is 0 Å². The van der Waals surface area contributed by atoms with E-state index in [4.69, 9.17) is 9.84 Å². The molecule has 114 valence electrons. The highest BCUT2D eigenvalue weighted by molar-refractivity contribution is 9.10. The molecule has 21 heavy (non-hydrogen) atoms. The van der Waals surface area contributed by atoms with E-state index < -0.39 is 12.1 Å². The number of nitrogens with zero attached hydrogens (tertiary/aromatic N) is 1. The number of halogens is 1. The molecule has 1 aliphatic rings. The number of carboxylic acids is 1. The summed E-state index contributed by atoms with van der Waals surface area (Å²) in [5.74, 6) is -0.920. The summed E-state index contributed by atoms with van der Waals surface area (Å²) in [5, 5.41) is 11.6. The van der Waals surface area contributed by atoms with Crippen LogP contribution in [0.25, 0.3) is 0 Å². The summed E-state index contributed by atoms with van der Waals surface area (Å²) in [4.78, 5) is 24.4. The number of ether oxygens (including phenoxy) is 1. The predicted molar refractivity (Wildman–Crippen MR) is 79.9 cm³/mol. The molecule has 2 N–H and O–H groups in total. The molecule has 0 aromatic heterocycles. The van der Waals surface area contributed by atoms with Crippen LogP contribution in [0.5, 0.6) is 0 Å². The van der Waals surface area contributed by atoms with Gasteiger partial charge in [0.15, 0.2) is 0 Å². The molecule has 1 atom stereocenters. The lowest BCUT2D eigenvalue weighted by Crippen LogP contribution is -2.49.